The molecule has 0 aliphatic heterocycles. The Morgan fingerprint density at radius 2 is 2.07 bits per heavy atom. The maximum Gasteiger partial charge on any atom is 0.197 e. The number of hydrogen-bond acceptors (Lipinski definition) is 4. The van der Waals surface area contributed by atoms with Crippen molar-refractivity contribution in [2.45, 2.75) is 13.5 Å². The van der Waals surface area contributed by atoms with Crippen molar-refractivity contribution in [1.29, 1.82) is 0 Å². The molecule has 0 amide bonds. The van der Waals surface area contributed by atoms with Crippen LogP contribution in [0.2, 0.25) is 0 Å². The second kappa shape index (κ2) is 4.00. The van der Waals surface area contributed by atoms with Crippen LogP contribution in [-0.2, 0) is 6.54 Å². The fourth-order valence-electron chi connectivity index (χ4n) is 1.43. The number of rotatable bonds is 3. The number of aromatic nitrogens is 4. The van der Waals surface area contributed by atoms with Crippen LogP contribution in [-0.4, -0.2) is 26.0 Å². The molecule has 0 aromatic carbocycles. The smallest absolute Gasteiger partial charge is 0.197 e. The van der Waals surface area contributed by atoms with Crippen LogP contribution >= 0.6 is 0 Å². The first kappa shape index (κ1) is 9.51. The summed E-state index contributed by atoms with van der Waals surface area (Å²) in [5.74, 6) is 1.05. The molecule has 76 valence electrons. The van der Waals surface area contributed by atoms with E-state index in [2.05, 4.69) is 15.2 Å². The summed E-state index contributed by atoms with van der Waals surface area (Å²) < 4.78 is 1.77. The Morgan fingerprint density at radius 3 is 2.67 bits per heavy atom. The van der Waals surface area contributed by atoms with Gasteiger partial charge in [0.2, 0.25) is 0 Å². The molecule has 2 rings (SSSR count). The molecule has 0 radical (unpaired) electrons. The maximum absolute atomic E-state index is 10.7. The molecule has 0 aliphatic rings. The van der Waals surface area contributed by atoms with Crippen molar-refractivity contribution < 1.29 is 4.79 Å². The van der Waals surface area contributed by atoms with Crippen LogP contribution in [0.1, 0.15) is 17.5 Å². The van der Waals surface area contributed by atoms with E-state index in [0.717, 1.165) is 5.56 Å². The molecule has 2 aromatic heterocycles. The third-order valence-electron chi connectivity index (χ3n) is 2.14. The van der Waals surface area contributed by atoms with Crippen molar-refractivity contribution >= 4 is 6.29 Å². The third-order valence-corrected chi connectivity index (χ3v) is 2.14. The summed E-state index contributed by atoms with van der Waals surface area (Å²) in [6.07, 6.45) is 4.08. The molecule has 0 atom stereocenters. The van der Waals surface area contributed by atoms with Crippen molar-refractivity contribution in [1.82, 2.24) is 19.7 Å². The molecular weight excluding hydrogens is 192 g/mol. The Morgan fingerprint density at radius 1 is 1.33 bits per heavy atom. The van der Waals surface area contributed by atoms with Crippen LogP contribution in [0, 0.1) is 0 Å². The zero-order valence-corrected chi connectivity index (χ0v) is 8.29. The predicted molar refractivity (Wildman–Crippen MR) is 54.3 cm³/mol. The molecule has 0 aliphatic carbocycles. The second-order valence-electron chi connectivity index (χ2n) is 2.98. The molecule has 15 heavy (non-hydrogen) atoms. The predicted octanol–water partition coefficient (Wildman–Crippen LogP) is 1.17. The normalized spacial score (nSPS) is 10.2. The van der Waals surface area contributed by atoms with E-state index in [0.29, 0.717) is 24.5 Å². The molecule has 5 nitrogen and oxygen atoms in total. The Hall–Kier alpha value is -2.04. The summed E-state index contributed by atoms with van der Waals surface area (Å²) in [4.78, 5) is 14.6. The van der Waals surface area contributed by atoms with E-state index in [-0.39, 0.29) is 0 Å². The van der Waals surface area contributed by atoms with Gasteiger partial charge in [-0.05, 0) is 19.1 Å². The second-order valence-corrected chi connectivity index (χ2v) is 2.98. The summed E-state index contributed by atoms with van der Waals surface area (Å²) in [5.41, 5.74) is 0.910. The van der Waals surface area contributed by atoms with Crippen LogP contribution < -0.4 is 0 Å². The van der Waals surface area contributed by atoms with Crippen LogP contribution in [0.15, 0.2) is 24.5 Å². The van der Waals surface area contributed by atoms with E-state index >= 15 is 0 Å². The average Bonchev–Trinajstić information content (AvgIpc) is 2.72. The van der Waals surface area contributed by atoms with E-state index in [9.17, 15) is 4.79 Å². The Bertz CT molecular complexity index is 464. The molecule has 0 N–H and O–H groups in total. The van der Waals surface area contributed by atoms with Gasteiger partial charge in [-0.2, -0.15) is 0 Å². The summed E-state index contributed by atoms with van der Waals surface area (Å²) in [6.45, 7) is 2.61. The first-order valence-corrected chi connectivity index (χ1v) is 4.65. The minimum absolute atomic E-state index is 0.351. The van der Waals surface area contributed by atoms with Gasteiger partial charge in [0.15, 0.2) is 17.9 Å². The van der Waals surface area contributed by atoms with Crippen molar-refractivity contribution in [3.05, 3.63) is 30.4 Å². The summed E-state index contributed by atoms with van der Waals surface area (Å²) >= 11 is 0. The maximum atomic E-state index is 10.7. The SMILES string of the molecule is CCn1c(C=O)nnc1-c1ccncc1. The Labute approximate surface area is 86.8 Å². The lowest BCUT2D eigenvalue weighted by Gasteiger charge is -2.03. The van der Waals surface area contributed by atoms with E-state index < -0.39 is 0 Å². The molecule has 5 heteroatoms. The van der Waals surface area contributed by atoms with E-state index in [1.165, 1.54) is 0 Å². The van der Waals surface area contributed by atoms with Gasteiger partial charge >= 0.3 is 0 Å². The van der Waals surface area contributed by atoms with Gasteiger partial charge in [-0.3, -0.25) is 9.78 Å². The number of carbonyl (C=O) groups excluding carboxylic acids is 1. The van der Waals surface area contributed by atoms with Crippen molar-refractivity contribution in [2.75, 3.05) is 0 Å². The molecule has 0 spiro atoms. The average molecular weight is 202 g/mol. The topological polar surface area (TPSA) is 60.7 Å². The zero-order valence-electron chi connectivity index (χ0n) is 8.29. The highest BCUT2D eigenvalue weighted by Crippen LogP contribution is 2.16. The Balaban J connectivity index is 2.54. The van der Waals surface area contributed by atoms with Gasteiger partial charge in [-0.1, -0.05) is 0 Å². The van der Waals surface area contributed by atoms with Crippen LogP contribution in [0.5, 0.6) is 0 Å². The summed E-state index contributed by atoms with van der Waals surface area (Å²) in [5, 5.41) is 7.79. The van der Waals surface area contributed by atoms with Crippen LogP contribution in [0.25, 0.3) is 11.4 Å². The monoisotopic (exact) mass is 202 g/mol. The molecular formula is C10H10N4O. The molecule has 0 fully saturated rings. The van der Waals surface area contributed by atoms with Gasteiger partial charge in [0.1, 0.15) is 0 Å². The molecule has 2 aromatic rings. The number of pyridine rings is 1. The van der Waals surface area contributed by atoms with Crippen LogP contribution in [0.3, 0.4) is 0 Å². The lowest BCUT2D eigenvalue weighted by atomic mass is 10.2. The van der Waals surface area contributed by atoms with Gasteiger partial charge in [-0.15, -0.1) is 10.2 Å². The summed E-state index contributed by atoms with van der Waals surface area (Å²) in [6, 6.07) is 3.68. The fourth-order valence-corrected chi connectivity index (χ4v) is 1.43. The molecule has 0 saturated carbocycles. The van der Waals surface area contributed by atoms with Gasteiger partial charge in [0.05, 0.1) is 0 Å². The third kappa shape index (κ3) is 1.63. The lowest BCUT2D eigenvalue weighted by Crippen LogP contribution is -2.02. The van der Waals surface area contributed by atoms with Gasteiger partial charge in [0, 0.05) is 24.5 Å². The first-order valence-electron chi connectivity index (χ1n) is 4.65. The Kier molecular flexibility index (Phi) is 2.53. The molecule has 0 bridgehead atoms. The van der Waals surface area contributed by atoms with Crippen LogP contribution in [0.4, 0.5) is 0 Å². The van der Waals surface area contributed by atoms with E-state index in [1.54, 1.807) is 17.0 Å². The van der Waals surface area contributed by atoms with Crippen molar-refractivity contribution in [3.8, 4) is 11.4 Å². The number of carbonyl (C=O) groups is 1. The van der Waals surface area contributed by atoms with Gasteiger partial charge in [-0.25, -0.2) is 0 Å². The van der Waals surface area contributed by atoms with Gasteiger partial charge in [0.25, 0.3) is 0 Å². The summed E-state index contributed by atoms with van der Waals surface area (Å²) in [7, 11) is 0. The van der Waals surface area contributed by atoms with E-state index in [1.807, 2.05) is 19.1 Å². The highest BCUT2D eigenvalue weighted by molar-refractivity contribution is 5.71. The standard InChI is InChI=1S/C10H10N4O/c1-2-14-9(7-15)12-13-10(14)8-3-5-11-6-4-8/h3-7H,2H2,1H3. The quantitative estimate of drug-likeness (QED) is 0.701. The minimum atomic E-state index is 0.351. The first-order chi connectivity index (χ1) is 7.36. The van der Waals surface area contributed by atoms with Crippen molar-refractivity contribution in [2.24, 2.45) is 0 Å². The van der Waals surface area contributed by atoms with E-state index in [4.69, 9.17) is 0 Å². The molecule has 0 saturated heterocycles. The highest BCUT2D eigenvalue weighted by Gasteiger charge is 2.10. The minimum Gasteiger partial charge on any atom is -0.305 e. The highest BCUT2D eigenvalue weighted by atomic mass is 16.1. The largest absolute Gasteiger partial charge is 0.305 e. The number of aldehydes is 1. The number of hydrogen-bond donors (Lipinski definition) is 0. The molecule has 2 heterocycles. The van der Waals surface area contributed by atoms with Crippen molar-refractivity contribution in [3.63, 3.8) is 0 Å². The molecule has 0 unspecified atom stereocenters. The van der Waals surface area contributed by atoms with Gasteiger partial charge < -0.3 is 4.57 Å². The lowest BCUT2D eigenvalue weighted by molar-refractivity contribution is 0.111. The fraction of sp³-hybridized carbons (Fsp3) is 0.200. The zero-order chi connectivity index (χ0) is 10.7. The number of nitrogens with zero attached hydrogens (tertiary/aromatic N) is 4.